The van der Waals surface area contributed by atoms with Gasteiger partial charge in [0.15, 0.2) is 0 Å². The minimum Gasteiger partial charge on any atom is -0.387 e. The normalized spacial score (nSPS) is 13.1. The SMILES string of the molecule is CCCc1noc(C)c1-c1c(C(O)CN(C)C)c2ccccc2n1C. The van der Waals surface area contributed by atoms with E-state index in [4.69, 9.17) is 4.52 Å². The smallest absolute Gasteiger partial charge is 0.143 e. The molecule has 134 valence electrons. The Bertz CT molecular complexity index is 877. The highest BCUT2D eigenvalue weighted by molar-refractivity contribution is 5.93. The van der Waals surface area contributed by atoms with Crippen LogP contribution in [0.1, 0.15) is 36.5 Å². The standard InChI is InChI=1S/C20H27N3O2/c1-6-9-15-18(13(2)25-21-15)20-19(17(24)12-22(3)4)14-10-7-8-11-16(14)23(20)5/h7-8,10-11,17,24H,6,9,12H2,1-5H3. The van der Waals surface area contributed by atoms with Gasteiger partial charge in [0.05, 0.1) is 23.1 Å². The molecule has 2 aromatic heterocycles. The minimum atomic E-state index is -0.583. The average Bonchev–Trinajstić information content (AvgIpc) is 3.05. The van der Waals surface area contributed by atoms with Crippen molar-refractivity contribution in [2.24, 2.45) is 7.05 Å². The summed E-state index contributed by atoms with van der Waals surface area (Å²) in [6.45, 7) is 4.65. The number of hydrogen-bond acceptors (Lipinski definition) is 4. The van der Waals surface area contributed by atoms with Crippen LogP contribution in [0.4, 0.5) is 0 Å². The van der Waals surface area contributed by atoms with Crippen molar-refractivity contribution < 1.29 is 9.63 Å². The highest BCUT2D eigenvalue weighted by Crippen LogP contribution is 2.40. The fourth-order valence-corrected chi connectivity index (χ4v) is 3.63. The van der Waals surface area contributed by atoms with E-state index in [1.807, 2.05) is 45.1 Å². The maximum atomic E-state index is 11.0. The van der Waals surface area contributed by atoms with Crippen LogP contribution in [0.25, 0.3) is 22.2 Å². The molecule has 5 heteroatoms. The average molecular weight is 341 g/mol. The predicted octanol–water partition coefficient (Wildman–Crippen LogP) is 3.69. The summed E-state index contributed by atoms with van der Waals surface area (Å²) in [5.74, 6) is 0.799. The maximum absolute atomic E-state index is 11.0. The number of hydrogen-bond donors (Lipinski definition) is 1. The number of aliphatic hydroxyl groups excluding tert-OH is 1. The summed E-state index contributed by atoms with van der Waals surface area (Å²) in [6.07, 6.45) is 1.27. The van der Waals surface area contributed by atoms with Crippen molar-refractivity contribution in [3.63, 3.8) is 0 Å². The molecule has 0 saturated carbocycles. The summed E-state index contributed by atoms with van der Waals surface area (Å²) in [7, 11) is 5.99. The fraction of sp³-hybridized carbons (Fsp3) is 0.450. The summed E-state index contributed by atoms with van der Waals surface area (Å²) >= 11 is 0. The number of rotatable bonds is 6. The van der Waals surface area contributed by atoms with Gasteiger partial charge in [0.2, 0.25) is 0 Å². The van der Waals surface area contributed by atoms with E-state index in [2.05, 4.69) is 28.8 Å². The van der Waals surface area contributed by atoms with Crippen LogP contribution in [-0.2, 0) is 13.5 Å². The molecule has 1 aromatic carbocycles. The molecule has 1 atom stereocenters. The Kier molecular flexibility index (Phi) is 4.97. The molecule has 5 nitrogen and oxygen atoms in total. The Balaban J connectivity index is 2.31. The summed E-state index contributed by atoms with van der Waals surface area (Å²) in [5.41, 5.74) is 5.05. The first-order valence-electron chi connectivity index (χ1n) is 8.81. The van der Waals surface area contributed by atoms with Crippen LogP contribution < -0.4 is 0 Å². The number of aromatic nitrogens is 2. The Morgan fingerprint density at radius 1 is 1.28 bits per heavy atom. The van der Waals surface area contributed by atoms with E-state index in [9.17, 15) is 5.11 Å². The van der Waals surface area contributed by atoms with Gasteiger partial charge in [-0.15, -0.1) is 0 Å². The van der Waals surface area contributed by atoms with E-state index >= 15 is 0 Å². The van der Waals surface area contributed by atoms with E-state index < -0.39 is 6.10 Å². The van der Waals surface area contributed by atoms with Crippen molar-refractivity contribution in [2.75, 3.05) is 20.6 Å². The van der Waals surface area contributed by atoms with Gasteiger partial charge in [0.1, 0.15) is 5.76 Å². The first-order chi connectivity index (χ1) is 12.0. The van der Waals surface area contributed by atoms with E-state index in [-0.39, 0.29) is 0 Å². The zero-order valence-electron chi connectivity index (χ0n) is 15.7. The lowest BCUT2D eigenvalue weighted by Crippen LogP contribution is -2.20. The number of likely N-dealkylation sites (N-methyl/N-ethyl adjacent to an activating group) is 1. The molecule has 0 aliphatic carbocycles. The van der Waals surface area contributed by atoms with E-state index in [0.29, 0.717) is 6.54 Å². The van der Waals surface area contributed by atoms with Gasteiger partial charge < -0.3 is 19.1 Å². The zero-order valence-corrected chi connectivity index (χ0v) is 15.7. The number of benzene rings is 1. The molecular formula is C20H27N3O2. The highest BCUT2D eigenvalue weighted by atomic mass is 16.5. The van der Waals surface area contributed by atoms with Crippen LogP contribution in [0, 0.1) is 6.92 Å². The molecule has 3 aromatic rings. The topological polar surface area (TPSA) is 54.4 Å². The number of aliphatic hydroxyl groups is 1. The first kappa shape index (κ1) is 17.7. The molecule has 0 saturated heterocycles. The second-order valence-electron chi connectivity index (χ2n) is 6.93. The van der Waals surface area contributed by atoms with Crippen LogP contribution in [0.2, 0.25) is 0 Å². The number of aryl methyl sites for hydroxylation is 3. The molecule has 2 heterocycles. The predicted molar refractivity (Wildman–Crippen MR) is 101 cm³/mol. The van der Waals surface area contributed by atoms with Crippen LogP contribution in [0.3, 0.4) is 0 Å². The van der Waals surface area contributed by atoms with Crippen molar-refractivity contribution in [3.05, 3.63) is 41.3 Å². The lowest BCUT2D eigenvalue weighted by Gasteiger charge is -2.18. The van der Waals surface area contributed by atoms with Crippen LogP contribution in [0.15, 0.2) is 28.8 Å². The molecular weight excluding hydrogens is 314 g/mol. The largest absolute Gasteiger partial charge is 0.387 e. The third kappa shape index (κ3) is 3.10. The van der Waals surface area contributed by atoms with Crippen molar-refractivity contribution in [2.45, 2.75) is 32.8 Å². The second-order valence-corrected chi connectivity index (χ2v) is 6.93. The molecule has 25 heavy (non-hydrogen) atoms. The number of nitrogens with zero attached hydrogens (tertiary/aromatic N) is 3. The maximum Gasteiger partial charge on any atom is 0.143 e. The lowest BCUT2D eigenvalue weighted by molar-refractivity contribution is 0.140. The molecule has 1 N–H and O–H groups in total. The summed E-state index contributed by atoms with van der Waals surface area (Å²) in [5, 5.41) is 16.3. The number of fused-ring (bicyclic) bond motifs is 1. The third-order valence-electron chi connectivity index (χ3n) is 4.67. The van der Waals surface area contributed by atoms with Crippen LogP contribution >= 0.6 is 0 Å². The van der Waals surface area contributed by atoms with Gasteiger partial charge in [-0.2, -0.15) is 0 Å². The monoisotopic (exact) mass is 341 g/mol. The van der Waals surface area contributed by atoms with Gasteiger partial charge in [-0.05, 0) is 33.5 Å². The summed E-state index contributed by atoms with van der Waals surface area (Å²) in [6, 6.07) is 8.22. The lowest BCUT2D eigenvalue weighted by atomic mass is 9.98. The van der Waals surface area contributed by atoms with Crippen LogP contribution in [-0.4, -0.2) is 40.4 Å². The summed E-state index contributed by atoms with van der Waals surface area (Å²) in [4.78, 5) is 2.00. The van der Waals surface area contributed by atoms with Crippen molar-refractivity contribution in [1.29, 1.82) is 0 Å². The molecule has 0 spiro atoms. The summed E-state index contributed by atoms with van der Waals surface area (Å²) < 4.78 is 7.67. The number of para-hydroxylation sites is 1. The molecule has 1 unspecified atom stereocenters. The van der Waals surface area contributed by atoms with Crippen LogP contribution in [0.5, 0.6) is 0 Å². The van der Waals surface area contributed by atoms with Gasteiger partial charge in [-0.25, -0.2) is 0 Å². The van der Waals surface area contributed by atoms with Crippen molar-refractivity contribution >= 4 is 10.9 Å². The van der Waals surface area contributed by atoms with E-state index in [1.165, 1.54) is 0 Å². The minimum absolute atomic E-state index is 0.564. The second kappa shape index (κ2) is 7.02. The molecule has 3 rings (SSSR count). The quantitative estimate of drug-likeness (QED) is 0.743. The Morgan fingerprint density at radius 2 is 2.00 bits per heavy atom. The fourth-order valence-electron chi connectivity index (χ4n) is 3.63. The van der Waals surface area contributed by atoms with Gasteiger partial charge in [-0.3, -0.25) is 0 Å². The zero-order chi connectivity index (χ0) is 18.1. The van der Waals surface area contributed by atoms with Gasteiger partial charge in [0, 0.05) is 30.1 Å². The van der Waals surface area contributed by atoms with E-state index in [1.54, 1.807) is 0 Å². The first-order valence-corrected chi connectivity index (χ1v) is 8.81. The van der Waals surface area contributed by atoms with Crippen molar-refractivity contribution in [3.8, 4) is 11.3 Å². The Hall–Kier alpha value is -2.11. The molecule has 0 amide bonds. The van der Waals surface area contributed by atoms with Gasteiger partial charge >= 0.3 is 0 Å². The molecule has 0 aliphatic rings. The van der Waals surface area contributed by atoms with Gasteiger partial charge in [-0.1, -0.05) is 36.7 Å². The molecule has 0 fully saturated rings. The Labute approximate surface area is 148 Å². The van der Waals surface area contributed by atoms with E-state index in [0.717, 1.165) is 52.0 Å². The highest BCUT2D eigenvalue weighted by Gasteiger charge is 2.27. The Morgan fingerprint density at radius 3 is 2.68 bits per heavy atom. The van der Waals surface area contributed by atoms with Crippen molar-refractivity contribution in [1.82, 2.24) is 14.6 Å². The molecule has 0 bridgehead atoms. The third-order valence-corrected chi connectivity index (χ3v) is 4.67. The molecule has 0 aliphatic heterocycles. The molecule has 0 radical (unpaired) electrons. The van der Waals surface area contributed by atoms with Gasteiger partial charge in [0.25, 0.3) is 0 Å².